The number of benzene rings is 1. The molecule has 0 heterocycles. The van der Waals surface area contributed by atoms with Gasteiger partial charge in [0.2, 0.25) is 0 Å². The molecule has 0 saturated heterocycles. The molecular weight excluding hydrogens is 260 g/mol. The highest BCUT2D eigenvalue weighted by Crippen LogP contribution is 2.39. The summed E-state index contributed by atoms with van der Waals surface area (Å²) >= 11 is 3.89. The van der Waals surface area contributed by atoms with Gasteiger partial charge in [-0.3, -0.25) is 0 Å². The van der Waals surface area contributed by atoms with Crippen LogP contribution in [0.1, 0.15) is 55.0 Å². The molecule has 16 heavy (non-hydrogen) atoms. The van der Waals surface area contributed by atoms with Crippen LogP contribution >= 0.6 is 15.9 Å². The Labute approximate surface area is 108 Å². The fourth-order valence-corrected chi connectivity index (χ4v) is 3.47. The van der Waals surface area contributed by atoms with E-state index in [1.165, 1.54) is 43.2 Å². The minimum absolute atomic E-state index is 0.568. The Hall–Kier alpha value is -0.300. The van der Waals surface area contributed by atoms with Gasteiger partial charge < -0.3 is 0 Å². The second-order valence-corrected chi connectivity index (χ2v) is 5.88. The van der Waals surface area contributed by atoms with E-state index in [2.05, 4.69) is 47.1 Å². The maximum Gasteiger partial charge on any atom is 0.0423 e. The van der Waals surface area contributed by atoms with Crippen LogP contribution in [0.4, 0.5) is 0 Å². The van der Waals surface area contributed by atoms with Crippen molar-refractivity contribution in [2.24, 2.45) is 5.92 Å². The first-order valence-electron chi connectivity index (χ1n) is 6.54. The van der Waals surface area contributed by atoms with Gasteiger partial charge in [0.05, 0.1) is 0 Å². The van der Waals surface area contributed by atoms with Crippen LogP contribution in [0.3, 0.4) is 0 Å². The first-order chi connectivity index (χ1) is 7.81. The third kappa shape index (κ3) is 2.88. The van der Waals surface area contributed by atoms with E-state index >= 15 is 0 Å². The summed E-state index contributed by atoms with van der Waals surface area (Å²) in [5.41, 5.74) is 2.90. The number of rotatable bonds is 3. The molecule has 1 unspecified atom stereocenters. The van der Waals surface area contributed by atoms with Crippen molar-refractivity contribution in [1.82, 2.24) is 0 Å². The highest BCUT2D eigenvalue weighted by Gasteiger charge is 2.22. The molecule has 1 saturated carbocycles. The molecule has 1 aliphatic carbocycles. The molecule has 0 aliphatic heterocycles. The fourth-order valence-electron chi connectivity index (χ4n) is 2.64. The highest BCUT2D eigenvalue weighted by molar-refractivity contribution is 9.09. The molecule has 1 fully saturated rings. The van der Waals surface area contributed by atoms with Gasteiger partial charge in [-0.05, 0) is 36.3 Å². The minimum Gasteiger partial charge on any atom is -0.0836 e. The van der Waals surface area contributed by atoms with E-state index in [4.69, 9.17) is 0 Å². The lowest BCUT2D eigenvalue weighted by Crippen LogP contribution is -2.11. The van der Waals surface area contributed by atoms with Crippen molar-refractivity contribution in [3.8, 4) is 0 Å². The number of alkyl halides is 1. The molecule has 1 aromatic rings. The molecule has 1 aromatic carbocycles. The van der Waals surface area contributed by atoms with E-state index in [1.54, 1.807) is 0 Å². The molecule has 0 amide bonds. The van der Waals surface area contributed by atoms with Gasteiger partial charge in [0.25, 0.3) is 0 Å². The summed E-state index contributed by atoms with van der Waals surface area (Å²) in [5, 5.41) is 0. The molecule has 0 bridgehead atoms. The molecular formula is C15H21Br. The number of aryl methyl sites for hydroxylation is 1. The Kier molecular flexibility index (Phi) is 4.45. The molecule has 1 atom stereocenters. The zero-order valence-corrected chi connectivity index (χ0v) is 11.7. The predicted molar refractivity (Wildman–Crippen MR) is 74.1 cm³/mol. The maximum absolute atomic E-state index is 3.89. The van der Waals surface area contributed by atoms with Crippen molar-refractivity contribution in [2.75, 3.05) is 0 Å². The standard InChI is InChI=1S/C15H21Br/c1-2-12-8-10-14(11-9-12)15(16)13-6-4-3-5-7-13/h8-11,13,15H,2-7H2,1H3. The second-order valence-electron chi connectivity index (χ2n) is 4.89. The second kappa shape index (κ2) is 5.86. The molecule has 88 valence electrons. The molecule has 1 aliphatic rings. The van der Waals surface area contributed by atoms with Crippen molar-refractivity contribution in [2.45, 2.75) is 50.3 Å². The lowest BCUT2D eigenvalue weighted by Gasteiger charge is -2.26. The summed E-state index contributed by atoms with van der Waals surface area (Å²) in [6.07, 6.45) is 8.19. The minimum atomic E-state index is 0.568. The third-order valence-electron chi connectivity index (χ3n) is 3.77. The molecule has 0 aromatic heterocycles. The summed E-state index contributed by atoms with van der Waals surface area (Å²) in [4.78, 5) is 0.568. The van der Waals surface area contributed by atoms with Crippen molar-refractivity contribution in [1.29, 1.82) is 0 Å². The van der Waals surface area contributed by atoms with Crippen LogP contribution in [0.25, 0.3) is 0 Å². The predicted octanol–water partition coefficient (Wildman–Crippen LogP) is 5.27. The van der Waals surface area contributed by atoms with Gasteiger partial charge in [0.1, 0.15) is 0 Å². The first-order valence-corrected chi connectivity index (χ1v) is 7.45. The van der Waals surface area contributed by atoms with Crippen molar-refractivity contribution < 1.29 is 0 Å². The smallest absolute Gasteiger partial charge is 0.0423 e. The third-order valence-corrected chi connectivity index (χ3v) is 5.05. The molecule has 0 spiro atoms. The Bertz CT molecular complexity index is 309. The van der Waals surface area contributed by atoms with Crippen molar-refractivity contribution in [3.05, 3.63) is 35.4 Å². The van der Waals surface area contributed by atoms with E-state index in [0.717, 1.165) is 12.3 Å². The van der Waals surface area contributed by atoms with Crippen LogP contribution in [0.15, 0.2) is 24.3 Å². The van der Waals surface area contributed by atoms with E-state index in [0.29, 0.717) is 4.83 Å². The largest absolute Gasteiger partial charge is 0.0836 e. The van der Waals surface area contributed by atoms with Crippen LogP contribution < -0.4 is 0 Å². The van der Waals surface area contributed by atoms with Gasteiger partial charge in [0.15, 0.2) is 0 Å². The zero-order valence-electron chi connectivity index (χ0n) is 10.1. The molecule has 0 nitrogen and oxygen atoms in total. The van der Waals surface area contributed by atoms with Gasteiger partial charge in [-0.1, -0.05) is 66.4 Å². The topological polar surface area (TPSA) is 0 Å². The van der Waals surface area contributed by atoms with Crippen LogP contribution in [0, 0.1) is 5.92 Å². The van der Waals surface area contributed by atoms with Gasteiger partial charge >= 0.3 is 0 Å². The van der Waals surface area contributed by atoms with Crippen LogP contribution in [-0.4, -0.2) is 0 Å². The number of hydrogen-bond acceptors (Lipinski definition) is 0. The Morgan fingerprint density at radius 3 is 2.31 bits per heavy atom. The normalized spacial score (nSPS) is 19.6. The van der Waals surface area contributed by atoms with E-state index in [9.17, 15) is 0 Å². The molecule has 1 heteroatoms. The lowest BCUT2D eigenvalue weighted by atomic mass is 9.84. The van der Waals surface area contributed by atoms with Crippen molar-refractivity contribution in [3.63, 3.8) is 0 Å². The average molecular weight is 281 g/mol. The number of halogens is 1. The monoisotopic (exact) mass is 280 g/mol. The summed E-state index contributed by atoms with van der Waals surface area (Å²) in [6, 6.07) is 9.14. The molecule has 0 radical (unpaired) electrons. The maximum atomic E-state index is 3.89. The fraction of sp³-hybridized carbons (Fsp3) is 0.600. The van der Waals surface area contributed by atoms with Gasteiger partial charge in [-0.25, -0.2) is 0 Å². The summed E-state index contributed by atoms with van der Waals surface area (Å²) in [7, 11) is 0. The van der Waals surface area contributed by atoms with Crippen LogP contribution in [0.2, 0.25) is 0 Å². The Morgan fingerprint density at radius 2 is 1.75 bits per heavy atom. The summed E-state index contributed by atoms with van der Waals surface area (Å²) < 4.78 is 0. The van der Waals surface area contributed by atoms with Crippen molar-refractivity contribution >= 4 is 15.9 Å². The van der Waals surface area contributed by atoms with Gasteiger partial charge in [-0.2, -0.15) is 0 Å². The molecule has 0 N–H and O–H groups in total. The average Bonchev–Trinajstić information content (AvgIpc) is 2.39. The summed E-state index contributed by atoms with van der Waals surface area (Å²) in [6.45, 7) is 2.21. The van der Waals surface area contributed by atoms with E-state index < -0.39 is 0 Å². The quantitative estimate of drug-likeness (QED) is 0.662. The number of hydrogen-bond donors (Lipinski definition) is 0. The lowest BCUT2D eigenvalue weighted by molar-refractivity contribution is 0.354. The van der Waals surface area contributed by atoms with E-state index in [1.807, 2.05) is 0 Å². The first kappa shape index (κ1) is 12.2. The Balaban J connectivity index is 2.04. The SMILES string of the molecule is CCc1ccc(C(Br)C2CCCCC2)cc1. The van der Waals surface area contributed by atoms with Gasteiger partial charge in [0, 0.05) is 4.83 Å². The van der Waals surface area contributed by atoms with Crippen LogP contribution in [0.5, 0.6) is 0 Å². The van der Waals surface area contributed by atoms with Crippen LogP contribution in [-0.2, 0) is 6.42 Å². The summed E-state index contributed by atoms with van der Waals surface area (Å²) in [5.74, 6) is 0.848. The highest BCUT2D eigenvalue weighted by atomic mass is 79.9. The Morgan fingerprint density at radius 1 is 1.12 bits per heavy atom. The van der Waals surface area contributed by atoms with Gasteiger partial charge in [-0.15, -0.1) is 0 Å². The van der Waals surface area contributed by atoms with E-state index in [-0.39, 0.29) is 0 Å². The molecule has 2 rings (SSSR count). The zero-order chi connectivity index (χ0) is 11.4.